The van der Waals surface area contributed by atoms with Gasteiger partial charge >= 0.3 is 0 Å². The molecule has 4 rings (SSSR count). The van der Waals surface area contributed by atoms with Crippen molar-refractivity contribution in [2.24, 2.45) is 5.73 Å². The Morgan fingerprint density at radius 1 is 1.04 bits per heavy atom. The van der Waals surface area contributed by atoms with Crippen molar-refractivity contribution < 1.29 is 14.1 Å². The molecule has 0 unspecified atom stereocenters. The number of rotatable bonds is 3. The van der Waals surface area contributed by atoms with Gasteiger partial charge in [-0.15, -0.1) is 0 Å². The zero-order valence-corrected chi connectivity index (χ0v) is 14.6. The summed E-state index contributed by atoms with van der Waals surface area (Å²) in [5.41, 5.74) is 7.07. The van der Waals surface area contributed by atoms with Gasteiger partial charge in [-0.3, -0.25) is 14.5 Å². The third kappa shape index (κ3) is 3.05. The van der Waals surface area contributed by atoms with E-state index in [1.54, 1.807) is 0 Å². The molecule has 2 N–H and O–H groups in total. The van der Waals surface area contributed by atoms with Crippen molar-refractivity contribution in [1.82, 2.24) is 15.0 Å². The van der Waals surface area contributed by atoms with Crippen molar-refractivity contribution >= 4 is 11.8 Å². The fourth-order valence-corrected chi connectivity index (χ4v) is 4.63. The molecule has 0 radical (unpaired) electrons. The van der Waals surface area contributed by atoms with Crippen LogP contribution in [0, 0.1) is 0 Å². The summed E-state index contributed by atoms with van der Waals surface area (Å²) in [7, 11) is 0. The van der Waals surface area contributed by atoms with E-state index in [1.165, 1.54) is 0 Å². The van der Waals surface area contributed by atoms with E-state index in [0.717, 1.165) is 69.2 Å². The Balaban J connectivity index is 1.39. The van der Waals surface area contributed by atoms with Crippen LogP contribution >= 0.6 is 0 Å². The third-order valence-corrected chi connectivity index (χ3v) is 6.00. The standard InChI is InChI=1S/C18H26N4O3/c19-17(23)14-5-3-9-22(14)12-7-10-21(11-8-12)18(24)16-13-4-1-2-6-15(13)25-20-16/h12,14H,1-11H2,(H2,19,23)/t14-/m0/s1. The van der Waals surface area contributed by atoms with Crippen molar-refractivity contribution in [3.8, 4) is 0 Å². The second-order valence-corrected chi connectivity index (χ2v) is 7.46. The molecule has 1 aromatic rings. The molecule has 2 aliphatic heterocycles. The number of piperidine rings is 1. The Kier molecular flexibility index (Phi) is 4.50. The number of fused-ring (bicyclic) bond motifs is 1. The monoisotopic (exact) mass is 346 g/mol. The van der Waals surface area contributed by atoms with E-state index < -0.39 is 0 Å². The summed E-state index contributed by atoms with van der Waals surface area (Å²) in [6, 6.07) is 0.213. The van der Waals surface area contributed by atoms with Crippen LogP contribution in [0.2, 0.25) is 0 Å². The van der Waals surface area contributed by atoms with E-state index >= 15 is 0 Å². The zero-order valence-electron chi connectivity index (χ0n) is 14.6. The fraction of sp³-hybridized carbons (Fsp3) is 0.722. The summed E-state index contributed by atoms with van der Waals surface area (Å²) in [6.07, 6.45) is 7.65. The number of hydrogen-bond acceptors (Lipinski definition) is 5. The largest absolute Gasteiger partial charge is 0.368 e. The van der Waals surface area contributed by atoms with Crippen LogP contribution in [-0.2, 0) is 17.6 Å². The number of primary amides is 1. The van der Waals surface area contributed by atoms with Crippen molar-refractivity contribution in [3.05, 3.63) is 17.0 Å². The number of aromatic nitrogens is 1. The zero-order chi connectivity index (χ0) is 17.4. The molecule has 2 amide bonds. The van der Waals surface area contributed by atoms with Gasteiger partial charge in [-0.05, 0) is 51.5 Å². The molecule has 7 nitrogen and oxygen atoms in total. The lowest BCUT2D eigenvalue weighted by Crippen LogP contribution is -2.51. The molecule has 2 saturated heterocycles. The first-order valence-electron chi connectivity index (χ1n) is 9.47. The van der Waals surface area contributed by atoms with Crippen LogP contribution < -0.4 is 5.73 Å². The predicted octanol–water partition coefficient (Wildman–Crippen LogP) is 1.11. The first-order chi connectivity index (χ1) is 12.1. The number of carbonyl (C=O) groups excluding carboxylic acids is 2. The molecule has 0 spiro atoms. The van der Waals surface area contributed by atoms with E-state index in [-0.39, 0.29) is 17.9 Å². The Hall–Kier alpha value is -1.89. The van der Waals surface area contributed by atoms with E-state index in [0.29, 0.717) is 24.8 Å². The van der Waals surface area contributed by atoms with E-state index in [2.05, 4.69) is 10.1 Å². The van der Waals surface area contributed by atoms with Crippen molar-refractivity contribution in [3.63, 3.8) is 0 Å². The summed E-state index contributed by atoms with van der Waals surface area (Å²) >= 11 is 0. The molecule has 136 valence electrons. The average molecular weight is 346 g/mol. The number of carbonyl (C=O) groups is 2. The molecule has 1 aromatic heterocycles. The number of aryl methyl sites for hydroxylation is 1. The van der Waals surface area contributed by atoms with Crippen molar-refractivity contribution in [1.29, 1.82) is 0 Å². The van der Waals surface area contributed by atoms with Crippen LogP contribution in [0.4, 0.5) is 0 Å². The molecule has 1 aliphatic carbocycles. The summed E-state index contributed by atoms with van der Waals surface area (Å²) < 4.78 is 5.38. The highest BCUT2D eigenvalue weighted by Gasteiger charge is 2.37. The van der Waals surface area contributed by atoms with Gasteiger partial charge in [0, 0.05) is 31.1 Å². The summed E-state index contributed by atoms with van der Waals surface area (Å²) in [4.78, 5) is 28.6. The van der Waals surface area contributed by atoms with E-state index in [4.69, 9.17) is 10.3 Å². The number of likely N-dealkylation sites (tertiary alicyclic amines) is 2. The molecule has 0 aromatic carbocycles. The maximum atomic E-state index is 12.8. The van der Waals surface area contributed by atoms with Gasteiger partial charge in [0.05, 0.1) is 6.04 Å². The lowest BCUT2D eigenvalue weighted by molar-refractivity contribution is -0.123. The number of nitrogens with zero attached hydrogens (tertiary/aromatic N) is 3. The maximum absolute atomic E-state index is 12.8. The van der Waals surface area contributed by atoms with Crippen molar-refractivity contribution in [2.45, 2.75) is 63.5 Å². The lowest BCUT2D eigenvalue weighted by Gasteiger charge is -2.38. The third-order valence-electron chi connectivity index (χ3n) is 6.00. The summed E-state index contributed by atoms with van der Waals surface area (Å²) in [5, 5.41) is 4.07. The van der Waals surface area contributed by atoms with Crippen LogP contribution in [-0.4, -0.2) is 58.5 Å². The first kappa shape index (κ1) is 16.6. The Morgan fingerprint density at radius 2 is 1.80 bits per heavy atom. The molecular formula is C18H26N4O3. The van der Waals surface area contributed by atoms with Crippen LogP contribution in [0.5, 0.6) is 0 Å². The molecule has 3 heterocycles. The van der Waals surface area contributed by atoms with Gasteiger partial charge in [-0.25, -0.2) is 0 Å². The number of nitrogens with two attached hydrogens (primary N) is 1. The Morgan fingerprint density at radius 3 is 2.56 bits per heavy atom. The highest BCUT2D eigenvalue weighted by molar-refractivity contribution is 5.94. The van der Waals surface area contributed by atoms with E-state index in [1.807, 2.05) is 4.90 Å². The van der Waals surface area contributed by atoms with Crippen LogP contribution in [0.1, 0.15) is 60.3 Å². The smallest absolute Gasteiger partial charge is 0.276 e. The Bertz CT molecular complexity index is 663. The van der Waals surface area contributed by atoms with Gasteiger partial charge < -0.3 is 15.2 Å². The maximum Gasteiger partial charge on any atom is 0.276 e. The van der Waals surface area contributed by atoms with Gasteiger partial charge in [0.25, 0.3) is 5.91 Å². The molecular weight excluding hydrogens is 320 g/mol. The van der Waals surface area contributed by atoms with Gasteiger partial charge in [-0.2, -0.15) is 0 Å². The molecule has 0 bridgehead atoms. The molecule has 0 saturated carbocycles. The normalized spacial score (nSPS) is 25.1. The molecule has 1 atom stereocenters. The summed E-state index contributed by atoms with van der Waals surface area (Å²) in [6.45, 7) is 2.34. The average Bonchev–Trinajstić information content (AvgIpc) is 3.28. The summed E-state index contributed by atoms with van der Waals surface area (Å²) in [5.74, 6) is 0.675. The highest BCUT2D eigenvalue weighted by Crippen LogP contribution is 2.28. The minimum atomic E-state index is -0.217. The van der Waals surface area contributed by atoms with Gasteiger partial charge in [0.2, 0.25) is 5.91 Å². The quantitative estimate of drug-likeness (QED) is 0.885. The second-order valence-electron chi connectivity index (χ2n) is 7.46. The topological polar surface area (TPSA) is 92.7 Å². The number of hydrogen-bond donors (Lipinski definition) is 1. The van der Waals surface area contributed by atoms with Crippen LogP contribution in [0.15, 0.2) is 4.52 Å². The number of amides is 2. The first-order valence-corrected chi connectivity index (χ1v) is 9.47. The fourth-order valence-electron chi connectivity index (χ4n) is 4.63. The lowest BCUT2D eigenvalue weighted by atomic mass is 9.95. The molecule has 2 fully saturated rings. The van der Waals surface area contributed by atoms with E-state index in [9.17, 15) is 9.59 Å². The van der Waals surface area contributed by atoms with Gasteiger partial charge in [0.1, 0.15) is 5.76 Å². The van der Waals surface area contributed by atoms with Crippen molar-refractivity contribution in [2.75, 3.05) is 19.6 Å². The van der Waals surface area contributed by atoms with Gasteiger partial charge in [0.15, 0.2) is 5.69 Å². The second kappa shape index (κ2) is 6.78. The SMILES string of the molecule is NC(=O)[C@@H]1CCCN1C1CCN(C(=O)c2noc3c2CCCC3)CC1. The minimum absolute atomic E-state index is 0.00165. The van der Waals surface area contributed by atoms with Gasteiger partial charge in [-0.1, -0.05) is 5.16 Å². The van der Waals surface area contributed by atoms with Crippen LogP contribution in [0.3, 0.4) is 0 Å². The molecule has 25 heavy (non-hydrogen) atoms. The highest BCUT2D eigenvalue weighted by atomic mass is 16.5. The Labute approximate surface area is 147 Å². The predicted molar refractivity (Wildman–Crippen MR) is 91.0 cm³/mol. The van der Waals surface area contributed by atoms with Crippen LogP contribution in [0.25, 0.3) is 0 Å². The molecule has 3 aliphatic rings. The molecule has 7 heteroatoms. The minimum Gasteiger partial charge on any atom is -0.368 e.